The maximum atomic E-state index is 9.75. The lowest BCUT2D eigenvalue weighted by atomic mass is 9.94. The normalized spacial score (nSPS) is 20.2. The molecule has 1 aromatic heterocycles. The third kappa shape index (κ3) is 6.47. The van der Waals surface area contributed by atoms with Gasteiger partial charge in [0.2, 0.25) is 0 Å². The summed E-state index contributed by atoms with van der Waals surface area (Å²) in [7, 11) is 1.57. The molecule has 1 unspecified atom stereocenters. The third-order valence-electron chi connectivity index (χ3n) is 6.29. The van der Waals surface area contributed by atoms with Crippen LogP contribution in [0.4, 0.5) is 0 Å². The lowest BCUT2D eigenvalue weighted by molar-refractivity contribution is 0.226. The Morgan fingerprint density at radius 3 is 2.84 bits per heavy atom. The van der Waals surface area contributed by atoms with E-state index in [2.05, 4.69) is 33.0 Å². The second-order valence-electron chi connectivity index (χ2n) is 8.59. The van der Waals surface area contributed by atoms with Crippen LogP contribution in [0.1, 0.15) is 42.9 Å². The van der Waals surface area contributed by atoms with Gasteiger partial charge >= 0.3 is 0 Å². The van der Waals surface area contributed by atoms with Crippen molar-refractivity contribution < 1.29 is 9.84 Å². The van der Waals surface area contributed by atoms with Gasteiger partial charge < -0.3 is 14.7 Å². The average Bonchev–Trinajstić information content (AvgIpc) is 3.34. The van der Waals surface area contributed by atoms with E-state index in [-0.39, 0.29) is 5.75 Å². The number of benzene rings is 1. The molecule has 0 saturated carbocycles. The average molecular weight is 455 g/mol. The van der Waals surface area contributed by atoms with Crippen LogP contribution >= 0.6 is 11.8 Å². The minimum atomic E-state index is 0.168. The minimum absolute atomic E-state index is 0.168. The van der Waals surface area contributed by atoms with Crippen molar-refractivity contribution in [3.8, 4) is 11.5 Å². The fourth-order valence-electron chi connectivity index (χ4n) is 4.52. The first kappa shape index (κ1) is 23.1. The van der Waals surface area contributed by atoms with Crippen LogP contribution in [0.15, 0.2) is 41.7 Å². The number of methoxy groups -OCH3 is 1. The molecule has 2 aliphatic heterocycles. The number of phenols is 1. The predicted octanol–water partition coefficient (Wildman–Crippen LogP) is 4.27. The van der Waals surface area contributed by atoms with Crippen LogP contribution in [-0.2, 0) is 0 Å². The molecule has 172 valence electrons. The molecule has 0 spiro atoms. The van der Waals surface area contributed by atoms with E-state index in [1.807, 2.05) is 18.3 Å². The van der Waals surface area contributed by atoms with Crippen molar-refractivity contribution in [2.45, 2.75) is 36.8 Å². The fourth-order valence-corrected chi connectivity index (χ4v) is 5.36. The van der Waals surface area contributed by atoms with Gasteiger partial charge in [0, 0.05) is 43.2 Å². The summed E-state index contributed by atoms with van der Waals surface area (Å²) in [6, 6.07) is 7.52. The molecule has 1 aromatic carbocycles. The van der Waals surface area contributed by atoms with Gasteiger partial charge in [0.05, 0.1) is 7.11 Å². The Morgan fingerprint density at radius 2 is 2.00 bits per heavy atom. The maximum Gasteiger partial charge on any atom is 0.187 e. The lowest BCUT2D eigenvalue weighted by Crippen LogP contribution is -2.34. The highest BCUT2D eigenvalue weighted by Crippen LogP contribution is 2.28. The first-order valence-corrected chi connectivity index (χ1v) is 12.6. The van der Waals surface area contributed by atoms with Crippen LogP contribution in [0.5, 0.6) is 11.5 Å². The zero-order valence-electron chi connectivity index (χ0n) is 18.9. The standard InChI is InChI=1S/C25H34N4O2S/c1-31-24-18-20(8-9-23(24)30)6-4-14-29-15-5-7-21(19-29)22-10-11-26-25(27-22)32-17-16-28-12-2-3-13-28/h4,6,8-11,18,21,30H,2-3,5,7,12-17,19H2,1H3/b6-4+. The van der Waals surface area contributed by atoms with E-state index in [0.29, 0.717) is 11.7 Å². The number of hydrogen-bond donors (Lipinski definition) is 1. The molecule has 0 radical (unpaired) electrons. The highest BCUT2D eigenvalue weighted by Gasteiger charge is 2.22. The Labute approximate surface area is 195 Å². The summed E-state index contributed by atoms with van der Waals surface area (Å²) >= 11 is 1.78. The number of nitrogens with zero attached hydrogens (tertiary/aromatic N) is 4. The van der Waals surface area contributed by atoms with Crippen molar-refractivity contribution in [1.29, 1.82) is 0 Å². The van der Waals surface area contributed by atoms with Crippen LogP contribution in [-0.4, -0.2) is 77.0 Å². The SMILES string of the molecule is COc1cc(/C=C/CN2CCCC(c3ccnc(SCCN4CCCC4)n3)C2)ccc1O. The van der Waals surface area contributed by atoms with Crippen LogP contribution in [0, 0.1) is 0 Å². The maximum absolute atomic E-state index is 9.75. The zero-order valence-corrected chi connectivity index (χ0v) is 19.8. The van der Waals surface area contributed by atoms with Crippen molar-refractivity contribution in [2.24, 2.45) is 0 Å². The molecule has 2 fully saturated rings. The smallest absolute Gasteiger partial charge is 0.187 e. The summed E-state index contributed by atoms with van der Waals surface area (Å²) in [6.07, 6.45) is 11.3. The molecule has 4 rings (SSSR count). The topological polar surface area (TPSA) is 61.7 Å². The highest BCUT2D eigenvalue weighted by molar-refractivity contribution is 7.99. The van der Waals surface area contributed by atoms with Crippen LogP contribution < -0.4 is 4.74 Å². The molecular weight excluding hydrogens is 420 g/mol. The molecule has 2 saturated heterocycles. The van der Waals surface area contributed by atoms with Gasteiger partial charge in [0.1, 0.15) is 0 Å². The monoisotopic (exact) mass is 454 g/mol. The Morgan fingerprint density at radius 1 is 1.16 bits per heavy atom. The molecule has 0 bridgehead atoms. The highest BCUT2D eigenvalue weighted by atomic mass is 32.2. The molecule has 7 heteroatoms. The summed E-state index contributed by atoms with van der Waals surface area (Å²) in [5.74, 6) is 2.20. The third-order valence-corrected chi connectivity index (χ3v) is 7.14. The van der Waals surface area contributed by atoms with Gasteiger partial charge in [-0.3, -0.25) is 4.90 Å². The minimum Gasteiger partial charge on any atom is -0.504 e. The van der Waals surface area contributed by atoms with E-state index in [1.165, 1.54) is 44.5 Å². The number of hydrogen-bond acceptors (Lipinski definition) is 7. The Hall–Kier alpha value is -2.09. The Bertz CT molecular complexity index is 901. The first-order chi connectivity index (χ1) is 15.7. The van der Waals surface area contributed by atoms with Gasteiger partial charge in [-0.15, -0.1) is 0 Å². The number of likely N-dealkylation sites (tertiary alicyclic amines) is 2. The van der Waals surface area contributed by atoms with Crippen molar-refractivity contribution in [1.82, 2.24) is 19.8 Å². The number of rotatable bonds is 9. The number of thioether (sulfide) groups is 1. The molecule has 6 nitrogen and oxygen atoms in total. The lowest BCUT2D eigenvalue weighted by Gasteiger charge is -2.31. The van der Waals surface area contributed by atoms with Crippen molar-refractivity contribution in [2.75, 3.05) is 52.1 Å². The Balaban J connectivity index is 1.28. The summed E-state index contributed by atoms with van der Waals surface area (Å²) < 4.78 is 5.19. The van der Waals surface area contributed by atoms with Gasteiger partial charge in [0.15, 0.2) is 16.7 Å². The van der Waals surface area contributed by atoms with Gasteiger partial charge in [-0.2, -0.15) is 0 Å². The Kier molecular flexibility index (Phi) is 8.42. The summed E-state index contributed by atoms with van der Waals surface area (Å²) in [5.41, 5.74) is 2.21. The molecule has 2 aromatic rings. The largest absolute Gasteiger partial charge is 0.504 e. The zero-order chi connectivity index (χ0) is 22.2. The summed E-state index contributed by atoms with van der Waals surface area (Å²) in [4.78, 5) is 14.4. The van der Waals surface area contributed by atoms with Crippen molar-refractivity contribution in [3.05, 3.63) is 47.8 Å². The second-order valence-corrected chi connectivity index (χ2v) is 9.66. The van der Waals surface area contributed by atoms with Crippen LogP contribution in [0.3, 0.4) is 0 Å². The quantitative estimate of drug-likeness (QED) is 0.448. The number of ether oxygens (including phenoxy) is 1. The molecular formula is C25H34N4O2S. The van der Waals surface area contributed by atoms with Gasteiger partial charge in [-0.1, -0.05) is 30.0 Å². The van der Waals surface area contributed by atoms with E-state index >= 15 is 0 Å². The molecule has 1 N–H and O–H groups in total. The fraction of sp³-hybridized carbons (Fsp3) is 0.520. The molecule has 2 aliphatic rings. The van der Waals surface area contributed by atoms with Gasteiger partial charge in [-0.25, -0.2) is 9.97 Å². The van der Waals surface area contributed by atoms with E-state index in [9.17, 15) is 5.11 Å². The predicted molar refractivity (Wildman–Crippen MR) is 131 cm³/mol. The molecule has 3 heterocycles. The van der Waals surface area contributed by atoms with Gasteiger partial charge in [-0.05, 0) is 69.1 Å². The van der Waals surface area contributed by atoms with Crippen molar-refractivity contribution >= 4 is 17.8 Å². The number of aromatic hydroxyl groups is 1. The second kappa shape index (κ2) is 11.7. The van der Waals surface area contributed by atoms with Crippen molar-refractivity contribution in [3.63, 3.8) is 0 Å². The van der Waals surface area contributed by atoms with Crippen LogP contribution in [0.2, 0.25) is 0 Å². The van der Waals surface area contributed by atoms with E-state index in [1.54, 1.807) is 24.9 Å². The van der Waals surface area contributed by atoms with E-state index < -0.39 is 0 Å². The molecule has 1 atom stereocenters. The number of aromatic nitrogens is 2. The number of phenolic OH excluding ortho intramolecular Hbond substituents is 1. The molecule has 0 aliphatic carbocycles. The molecule has 0 amide bonds. The molecule has 32 heavy (non-hydrogen) atoms. The first-order valence-electron chi connectivity index (χ1n) is 11.7. The number of piperidine rings is 1. The summed E-state index contributed by atoms with van der Waals surface area (Å²) in [6.45, 7) is 6.67. The van der Waals surface area contributed by atoms with E-state index in [0.717, 1.165) is 42.7 Å². The van der Waals surface area contributed by atoms with Crippen LogP contribution in [0.25, 0.3) is 6.08 Å². The van der Waals surface area contributed by atoms with Gasteiger partial charge in [0.25, 0.3) is 0 Å². The summed E-state index contributed by atoms with van der Waals surface area (Å²) in [5, 5.41) is 10.7. The van der Waals surface area contributed by atoms with E-state index in [4.69, 9.17) is 9.72 Å².